The van der Waals surface area contributed by atoms with E-state index in [4.69, 9.17) is 19.9 Å². The maximum absolute atomic E-state index is 6.64. The monoisotopic (exact) mass is 1170 g/mol. The van der Waals surface area contributed by atoms with Crippen LogP contribution in [0.25, 0.3) is 187 Å². The van der Waals surface area contributed by atoms with Crippen molar-refractivity contribution in [2.75, 3.05) is 0 Å². The predicted octanol–water partition coefficient (Wildman–Crippen LogP) is 21.3. The smallest absolute Gasteiger partial charge is 0.168 e. The summed E-state index contributed by atoms with van der Waals surface area (Å²) in [5.41, 5.74) is 12.1. The summed E-state index contributed by atoms with van der Waals surface area (Å²) in [6, 6.07) is 110. The minimum Gasteiger partial charge on any atom is -0.305 e. The van der Waals surface area contributed by atoms with Crippen LogP contribution in [0.2, 0.25) is 0 Å². The number of nitrogens with zero attached hydrogens (tertiary/aromatic N) is 8. The highest BCUT2D eigenvalue weighted by atomic mass is 15.2. The molecule has 0 saturated carbocycles. The van der Waals surface area contributed by atoms with Gasteiger partial charge in [-0.3, -0.25) is 9.13 Å². The fourth-order valence-electron chi connectivity index (χ4n) is 15.0. The summed E-state index contributed by atoms with van der Waals surface area (Å²) >= 11 is 0. The first-order valence-electron chi connectivity index (χ1n) is 31.3. The van der Waals surface area contributed by atoms with E-state index in [1.54, 1.807) is 0 Å². The molecule has 0 N–H and O–H groups in total. The lowest BCUT2D eigenvalue weighted by atomic mass is 10.0. The van der Waals surface area contributed by atoms with E-state index in [0.29, 0.717) is 29.1 Å². The maximum Gasteiger partial charge on any atom is 0.168 e. The first-order valence-corrected chi connectivity index (χ1v) is 31.3. The number of hydrogen-bond donors (Lipinski definition) is 0. The Morgan fingerprint density at radius 1 is 0.185 bits per heavy atom. The van der Waals surface area contributed by atoms with E-state index in [9.17, 15) is 0 Å². The predicted molar refractivity (Wildman–Crippen MR) is 381 cm³/mol. The molecule has 20 rings (SSSR count). The number of para-hydroxylation sites is 4. The molecule has 8 heteroatoms. The Morgan fingerprint density at radius 3 is 0.761 bits per heavy atom. The molecule has 0 atom stereocenters. The third-order valence-corrected chi connectivity index (χ3v) is 19.1. The Balaban J connectivity index is 1.12. The molecule has 0 saturated heterocycles. The molecule has 6 heterocycles. The summed E-state index contributed by atoms with van der Waals surface area (Å²) in [5.74, 6) is 2.94. The highest BCUT2D eigenvalue weighted by Gasteiger charge is 2.35. The van der Waals surface area contributed by atoms with Crippen molar-refractivity contribution >= 4 is 130 Å². The molecule has 0 bridgehead atoms. The largest absolute Gasteiger partial charge is 0.305 e. The van der Waals surface area contributed by atoms with Crippen molar-refractivity contribution in [3.05, 3.63) is 303 Å². The van der Waals surface area contributed by atoms with Crippen molar-refractivity contribution in [1.82, 2.24) is 38.2 Å². The molecule has 426 valence electrons. The molecule has 8 nitrogen and oxygen atoms in total. The Hall–Kier alpha value is -12.5. The maximum atomic E-state index is 6.64. The summed E-state index contributed by atoms with van der Waals surface area (Å²) < 4.78 is 9.84. The van der Waals surface area contributed by atoms with E-state index in [0.717, 1.165) is 158 Å². The molecule has 0 aliphatic carbocycles. The SMILES string of the molecule is c1ccc(-c2nc(-c3ccccc3)nc(-c3c(-n4c5ccccc5c5cc6ccccc6cc54)c(-n4c5ccccc5c5cc6ccccc6cc54)nc(-n4c5ccccc5c5cc6ccccc6cc54)c3-n3c4ccccc4c4cc5ccccc5cc43)n2)cc1. The molecule has 0 fully saturated rings. The summed E-state index contributed by atoms with van der Waals surface area (Å²) in [6.45, 7) is 0. The number of fused-ring (bicyclic) bond motifs is 16. The summed E-state index contributed by atoms with van der Waals surface area (Å²) in [6.07, 6.45) is 0. The highest BCUT2D eigenvalue weighted by Crippen LogP contribution is 2.50. The minimum atomic E-state index is 0.475. The van der Waals surface area contributed by atoms with Crippen molar-refractivity contribution in [2.24, 2.45) is 0 Å². The summed E-state index contributed by atoms with van der Waals surface area (Å²) in [4.78, 5) is 24.0. The van der Waals surface area contributed by atoms with E-state index < -0.39 is 0 Å². The number of hydrogen-bond acceptors (Lipinski definition) is 4. The molecule has 6 aromatic heterocycles. The van der Waals surface area contributed by atoms with Crippen LogP contribution in [-0.2, 0) is 0 Å². The zero-order chi connectivity index (χ0) is 60.1. The van der Waals surface area contributed by atoms with E-state index in [2.05, 4.69) is 309 Å². The zero-order valence-electron chi connectivity index (χ0n) is 49.4. The third-order valence-electron chi connectivity index (χ3n) is 19.1. The lowest BCUT2D eigenvalue weighted by Crippen LogP contribution is -2.17. The van der Waals surface area contributed by atoms with Gasteiger partial charge in [0.15, 0.2) is 29.1 Å². The Labute approximate surface area is 526 Å². The van der Waals surface area contributed by atoms with Crippen LogP contribution in [0.3, 0.4) is 0 Å². The zero-order valence-corrected chi connectivity index (χ0v) is 49.4. The quantitative estimate of drug-likeness (QED) is 0.159. The van der Waals surface area contributed by atoms with Crippen molar-refractivity contribution in [2.45, 2.75) is 0 Å². The number of aromatic nitrogens is 8. The van der Waals surface area contributed by atoms with E-state index >= 15 is 0 Å². The first-order chi connectivity index (χ1) is 45.6. The summed E-state index contributed by atoms with van der Waals surface area (Å²) in [5, 5.41) is 18.0. The van der Waals surface area contributed by atoms with Gasteiger partial charge in [-0.2, -0.15) is 0 Å². The molecule has 14 aromatic carbocycles. The standard InChI is InChI=1S/C84H50N8/c1-3-23-51(24-4-1)80-85-81(52-25-5-2-6-26-52)87-82(86-80)77-78(89-69-39-19-15-35-61(69)65-43-53-27-7-11-31-57(53)47-73(65)89)83(91-71-41-21-17-37-63(71)67-45-55-29-9-13-33-59(55)49-75(67)91)88-84(92-72-42-22-18-38-64(72)68-46-56-30-10-14-34-60(56)50-76(68)92)79(77)90-70-40-20-16-36-62(70)66-44-54-28-8-12-32-58(54)48-74(66)90/h1-50H. The molecule has 0 amide bonds. The minimum absolute atomic E-state index is 0.475. The lowest BCUT2D eigenvalue weighted by Gasteiger charge is -2.26. The van der Waals surface area contributed by atoms with Crippen molar-refractivity contribution in [3.8, 4) is 57.2 Å². The van der Waals surface area contributed by atoms with Gasteiger partial charge in [0.05, 0.1) is 49.7 Å². The van der Waals surface area contributed by atoms with Crippen LogP contribution in [0.5, 0.6) is 0 Å². The molecule has 0 unspecified atom stereocenters. The van der Waals surface area contributed by atoms with Gasteiger partial charge in [0, 0.05) is 54.2 Å². The van der Waals surface area contributed by atoms with Gasteiger partial charge in [0.25, 0.3) is 0 Å². The van der Waals surface area contributed by atoms with Crippen LogP contribution < -0.4 is 0 Å². The van der Waals surface area contributed by atoms with Gasteiger partial charge < -0.3 is 9.13 Å². The van der Waals surface area contributed by atoms with Gasteiger partial charge in [-0.1, -0.05) is 231 Å². The van der Waals surface area contributed by atoms with Gasteiger partial charge >= 0.3 is 0 Å². The normalized spacial score (nSPS) is 12.1. The molecule has 0 spiro atoms. The second-order valence-electron chi connectivity index (χ2n) is 24.1. The van der Waals surface area contributed by atoms with E-state index in [1.807, 2.05) is 12.1 Å². The first kappa shape index (κ1) is 50.5. The molecule has 20 aromatic rings. The van der Waals surface area contributed by atoms with Crippen LogP contribution in [0, 0.1) is 0 Å². The molecule has 0 aliphatic rings. The van der Waals surface area contributed by atoms with Crippen molar-refractivity contribution in [1.29, 1.82) is 0 Å². The second-order valence-corrected chi connectivity index (χ2v) is 24.1. The van der Waals surface area contributed by atoms with Gasteiger partial charge in [0.1, 0.15) is 11.4 Å². The average molecular weight is 1170 g/mol. The van der Waals surface area contributed by atoms with E-state index in [-0.39, 0.29) is 0 Å². The number of pyridine rings is 1. The third kappa shape index (κ3) is 7.40. The van der Waals surface area contributed by atoms with Crippen molar-refractivity contribution < 1.29 is 0 Å². The van der Waals surface area contributed by atoms with Crippen LogP contribution >= 0.6 is 0 Å². The average Bonchev–Trinajstić information content (AvgIpc) is 1.46. The molecule has 0 aliphatic heterocycles. The van der Waals surface area contributed by atoms with Crippen LogP contribution in [-0.4, -0.2) is 38.2 Å². The molecule has 92 heavy (non-hydrogen) atoms. The van der Waals surface area contributed by atoms with Gasteiger partial charge in [0.2, 0.25) is 0 Å². The summed E-state index contributed by atoms with van der Waals surface area (Å²) in [7, 11) is 0. The van der Waals surface area contributed by atoms with Crippen LogP contribution in [0.1, 0.15) is 0 Å². The molecule has 0 radical (unpaired) electrons. The Kier molecular flexibility index (Phi) is 10.7. The Bertz CT molecular complexity index is 6120. The van der Waals surface area contributed by atoms with Gasteiger partial charge in [-0.05, 0) is 116 Å². The fraction of sp³-hybridized carbons (Fsp3) is 0. The van der Waals surface area contributed by atoms with Crippen LogP contribution in [0.15, 0.2) is 303 Å². The van der Waals surface area contributed by atoms with E-state index in [1.165, 1.54) is 0 Å². The topological polar surface area (TPSA) is 71.3 Å². The number of benzene rings is 14. The Morgan fingerprint density at radius 2 is 0.435 bits per heavy atom. The second kappa shape index (κ2) is 19.5. The molecular formula is C84H50N8. The van der Waals surface area contributed by atoms with Gasteiger partial charge in [-0.15, -0.1) is 0 Å². The van der Waals surface area contributed by atoms with Crippen LogP contribution in [0.4, 0.5) is 0 Å². The van der Waals surface area contributed by atoms with Crippen molar-refractivity contribution in [3.63, 3.8) is 0 Å². The van der Waals surface area contributed by atoms with Gasteiger partial charge in [-0.25, -0.2) is 19.9 Å². The fourth-order valence-corrected chi connectivity index (χ4v) is 15.0. The highest BCUT2D eigenvalue weighted by molar-refractivity contribution is 6.20. The molecular weight excluding hydrogens is 1120 g/mol. The number of rotatable bonds is 7. The lowest BCUT2D eigenvalue weighted by molar-refractivity contribution is 0.953.